The Morgan fingerprint density at radius 1 is 1.39 bits per heavy atom. The third kappa shape index (κ3) is 2.85. The van der Waals surface area contributed by atoms with Crippen molar-refractivity contribution in [2.75, 3.05) is 5.73 Å². The maximum Gasteiger partial charge on any atom is 0.253 e. The van der Waals surface area contributed by atoms with Crippen molar-refractivity contribution >= 4 is 11.6 Å². The van der Waals surface area contributed by atoms with Crippen LogP contribution in [0.1, 0.15) is 21.5 Å². The number of amides is 1. The second kappa shape index (κ2) is 5.31. The van der Waals surface area contributed by atoms with Gasteiger partial charge in [0, 0.05) is 12.7 Å². The van der Waals surface area contributed by atoms with Gasteiger partial charge in [-0.1, -0.05) is 29.8 Å². The molecule has 0 radical (unpaired) electrons. The van der Waals surface area contributed by atoms with Crippen molar-refractivity contribution in [2.45, 2.75) is 13.5 Å². The number of hydrogen-bond donors (Lipinski definition) is 2. The molecule has 0 atom stereocenters. The van der Waals surface area contributed by atoms with E-state index < -0.39 is 0 Å². The number of carbonyl (C=O) groups excluding carboxylic acids is 1. The van der Waals surface area contributed by atoms with Gasteiger partial charge < -0.3 is 11.1 Å². The highest BCUT2D eigenvalue weighted by Crippen LogP contribution is 2.09. The molecule has 0 unspecified atom stereocenters. The Morgan fingerprint density at radius 3 is 2.94 bits per heavy atom. The van der Waals surface area contributed by atoms with Crippen LogP contribution < -0.4 is 11.1 Å². The Bertz CT molecular complexity index is 566. The number of nitrogen functional groups attached to an aromatic ring is 1. The number of aryl methyl sites for hydroxylation is 1. The van der Waals surface area contributed by atoms with Crippen LogP contribution in [0.4, 0.5) is 5.69 Å². The summed E-state index contributed by atoms with van der Waals surface area (Å²) in [6, 6.07) is 9.62. The third-order valence-corrected chi connectivity index (χ3v) is 2.63. The number of carbonyl (C=O) groups is 1. The van der Waals surface area contributed by atoms with Crippen molar-refractivity contribution in [2.24, 2.45) is 0 Å². The zero-order valence-corrected chi connectivity index (χ0v) is 10.2. The van der Waals surface area contributed by atoms with Gasteiger partial charge >= 0.3 is 0 Å². The molecule has 2 rings (SSSR count). The van der Waals surface area contributed by atoms with Gasteiger partial charge in [0.2, 0.25) is 0 Å². The fourth-order valence-corrected chi connectivity index (χ4v) is 1.71. The molecule has 1 amide bonds. The Hall–Kier alpha value is -2.36. The molecule has 0 saturated heterocycles. The fourth-order valence-electron chi connectivity index (χ4n) is 1.71. The first-order valence-electron chi connectivity index (χ1n) is 5.70. The van der Waals surface area contributed by atoms with Gasteiger partial charge in [-0.05, 0) is 18.6 Å². The van der Waals surface area contributed by atoms with Crippen LogP contribution in [-0.2, 0) is 6.54 Å². The molecule has 0 spiro atoms. The van der Waals surface area contributed by atoms with E-state index in [-0.39, 0.29) is 5.91 Å². The summed E-state index contributed by atoms with van der Waals surface area (Å²) >= 11 is 0. The molecule has 0 aliphatic carbocycles. The number of rotatable bonds is 3. The van der Waals surface area contributed by atoms with Crippen LogP contribution >= 0.6 is 0 Å². The first-order chi connectivity index (χ1) is 8.66. The van der Waals surface area contributed by atoms with E-state index >= 15 is 0 Å². The molecule has 0 saturated carbocycles. The molecule has 4 nitrogen and oxygen atoms in total. The molecule has 92 valence electrons. The highest BCUT2D eigenvalue weighted by atomic mass is 16.1. The third-order valence-electron chi connectivity index (χ3n) is 2.63. The Labute approximate surface area is 106 Å². The van der Waals surface area contributed by atoms with Crippen LogP contribution in [-0.4, -0.2) is 10.9 Å². The molecule has 1 heterocycles. The second-order valence-corrected chi connectivity index (χ2v) is 4.13. The quantitative estimate of drug-likeness (QED) is 0.862. The highest BCUT2D eigenvalue weighted by Gasteiger charge is 2.08. The van der Waals surface area contributed by atoms with Gasteiger partial charge in [-0.15, -0.1) is 0 Å². The van der Waals surface area contributed by atoms with Crippen LogP contribution in [0.15, 0.2) is 42.7 Å². The van der Waals surface area contributed by atoms with E-state index in [0.717, 1.165) is 5.56 Å². The number of nitrogens with zero attached hydrogens (tertiary/aromatic N) is 1. The summed E-state index contributed by atoms with van der Waals surface area (Å²) in [6.07, 6.45) is 3.03. The number of aromatic nitrogens is 1. The molecule has 0 aliphatic rings. The number of benzene rings is 1. The average molecular weight is 241 g/mol. The van der Waals surface area contributed by atoms with Gasteiger partial charge in [-0.3, -0.25) is 9.78 Å². The maximum absolute atomic E-state index is 11.9. The first-order valence-corrected chi connectivity index (χ1v) is 5.70. The van der Waals surface area contributed by atoms with Gasteiger partial charge in [0.1, 0.15) is 0 Å². The molecule has 3 N–H and O–H groups in total. The summed E-state index contributed by atoms with van der Waals surface area (Å²) in [5.74, 6) is -0.184. The van der Waals surface area contributed by atoms with Crippen molar-refractivity contribution in [3.05, 3.63) is 59.4 Å². The summed E-state index contributed by atoms with van der Waals surface area (Å²) in [7, 11) is 0. The Balaban J connectivity index is 2.03. The summed E-state index contributed by atoms with van der Waals surface area (Å²) in [4.78, 5) is 15.8. The normalized spacial score (nSPS) is 10.1. The Kier molecular flexibility index (Phi) is 3.57. The molecular formula is C14H15N3O. The van der Waals surface area contributed by atoms with Gasteiger partial charge in [0.25, 0.3) is 5.91 Å². The van der Waals surface area contributed by atoms with Gasteiger partial charge in [0.15, 0.2) is 0 Å². The summed E-state index contributed by atoms with van der Waals surface area (Å²) in [5, 5.41) is 2.84. The van der Waals surface area contributed by atoms with Crippen LogP contribution in [0.3, 0.4) is 0 Å². The van der Waals surface area contributed by atoms with E-state index in [1.807, 2.05) is 31.2 Å². The standard InChI is InChI=1S/C14H15N3O/c1-10-3-2-4-11(7-10)8-17-14(18)12-5-6-16-9-13(12)15/h2-7,9H,8,15H2,1H3,(H,17,18). The molecule has 1 aromatic carbocycles. The van der Waals surface area contributed by atoms with E-state index in [0.29, 0.717) is 17.8 Å². The van der Waals surface area contributed by atoms with E-state index in [4.69, 9.17) is 5.73 Å². The number of anilines is 1. The van der Waals surface area contributed by atoms with Crippen molar-refractivity contribution in [3.63, 3.8) is 0 Å². The molecule has 1 aromatic heterocycles. The molecule has 0 fully saturated rings. The SMILES string of the molecule is Cc1cccc(CNC(=O)c2ccncc2N)c1. The highest BCUT2D eigenvalue weighted by molar-refractivity contribution is 5.98. The lowest BCUT2D eigenvalue weighted by Gasteiger charge is -2.07. The minimum absolute atomic E-state index is 0.184. The lowest BCUT2D eigenvalue weighted by Crippen LogP contribution is -2.23. The van der Waals surface area contributed by atoms with E-state index in [2.05, 4.69) is 10.3 Å². The van der Waals surface area contributed by atoms with Crippen molar-refractivity contribution in [1.29, 1.82) is 0 Å². The molecule has 2 aromatic rings. The fraction of sp³-hybridized carbons (Fsp3) is 0.143. The van der Waals surface area contributed by atoms with Crippen molar-refractivity contribution in [3.8, 4) is 0 Å². The molecule has 0 bridgehead atoms. The first kappa shape index (κ1) is 12.1. The number of hydrogen-bond acceptors (Lipinski definition) is 3. The van der Waals surface area contributed by atoms with Crippen molar-refractivity contribution < 1.29 is 4.79 Å². The molecule has 0 aliphatic heterocycles. The molecule has 18 heavy (non-hydrogen) atoms. The van der Waals surface area contributed by atoms with Crippen LogP contribution in [0.5, 0.6) is 0 Å². The van der Waals surface area contributed by atoms with Gasteiger partial charge in [-0.2, -0.15) is 0 Å². The lowest BCUT2D eigenvalue weighted by atomic mass is 10.1. The predicted molar refractivity (Wildman–Crippen MR) is 71.0 cm³/mol. The van der Waals surface area contributed by atoms with Crippen LogP contribution in [0, 0.1) is 6.92 Å². The predicted octanol–water partition coefficient (Wildman–Crippen LogP) is 1.90. The number of nitrogens with two attached hydrogens (primary N) is 1. The topological polar surface area (TPSA) is 68.0 Å². The van der Waals surface area contributed by atoms with E-state index in [9.17, 15) is 4.79 Å². The van der Waals surface area contributed by atoms with Crippen LogP contribution in [0.2, 0.25) is 0 Å². The summed E-state index contributed by atoms with van der Waals surface area (Å²) in [6.45, 7) is 2.51. The minimum Gasteiger partial charge on any atom is -0.397 e. The monoisotopic (exact) mass is 241 g/mol. The lowest BCUT2D eigenvalue weighted by molar-refractivity contribution is 0.0951. The molecular weight excluding hydrogens is 226 g/mol. The largest absolute Gasteiger partial charge is 0.397 e. The minimum atomic E-state index is -0.184. The number of nitrogens with one attached hydrogen (secondary N) is 1. The smallest absolute Gasteiger partial charge is 0.253 e. The van der Waals surface area contributed by atoms with E-state index in [1.54, 1.807) is 12.3 Å². The van der Waals surface area contributed by atoms with Crippen LogP contribution in [0.25, 0.3) is 0 Å². The number of pyridine rings is 1. The maximum atomic E-state index is 11.9. The Morgan fingerprint density at radius 2 is 2.22 bits per heavy atom. The van der Waals surface area contributed by atoms with Crippen molar-refractivity contribution in [1.82, 2.24) is 10.3 Å². The zero-order valence-electron chi connectivity index (χ0n) is 10.2. The summed E-state index contributed by atoms with van der Waals surface area (Å²) < 4.78 is 0. The van der Waals surface area contributed by atoms with Gasteiger partial charge in [0.05, 0.1) is 17.4 Å². The molecule has 4 heteroatoms. The second-order valence-electron chi connectivity index (χ2n) is 4.13. The average Bonchev–Trinajstić information content (AvgIpc) is 2.37. The summed E-state index contributed by atoms with van der Waals surface area (Å²) in [5.41, 5.74) is 8.77. The van der Waals surface area contributed by atoms with Gasteiger partial charge in [-0.25, -0.2) is 0 Å². The zero-order chi connectivity index (χ0) is 13.0. The van der Waals surface area contributed by atoms with E-state index in [1.165, 1.54) is 11.8 Å².